The first kappa shape index (κ1) is 24.8. The van der Waals surface area contributed by atoms with E-state index < -0.39 is 0 Å². The van der Waals surface area contributed by atoms with E-state index in [0.29, 0.717) is 12.3 Å². The molecule has 3 nitrogen and oxygen atoms in total. The van der Waals surface area contributed by atoms with E-state index in [1.54, 1.807) is 0 Å². The van der Waals surface area contributed by atoms with Crippen LogP contribution in [0.25, 0.3) is 0 Å². The highest BCUT2D eigenvalue weighted by Crippen LogP contribution is 2.28. The van der Waals surface area contributed by atoms with Crippen molar-refractivity contribution in [1.29, 1.82) is 0 Å². The van der Waals surface area contributed by atoms with Crippen molar-refractivity contribution in [2.45, 2.75) is 110 Å². The molecule has 0 bridgehead atoms. The average Bonchev–Trinajstić information content (AvgIpc) is 2.66. The summed E-state index contributed by atoms with van der Waals surface area (Å²) in [6.45, 7) is 8.80. The predicted molar refractivity (Wildman–Crippen MR) is 118 cm³/mol. The molecule has 1 aliphatic rings. The van der Waals surface area contributed by atoms with Crippen molar-refractivity contribution in [1.82, 2.24) is 0 Å². The second-order valence-electron chi connectivity index (χ2n) is 8.76. The molecule has 0 aromatic rings. The van der Waals surface area contributed by atoms with E-state index in [0.717, 1.165) is 18.6 Å². The Morgan fingerprint density at radius 3 is 2.07 bits per heavy atom. The van der Waals surface area contributed by atoms with E-state index in [4.69, 9.17) is 4.74 Å². The zero-order valence-corrected chi connectivity index (χ0v) is 19.2. The Morgan fingerprint density at radius 2 is 1.48 bits per heavy atom. The Hall–Kier alpha value is -0.220. The molecule has 1 rings (SSSR count). The molecular weight excluding hydrogens is 354 g/mol. The van der Waals surface area contributed by atoms with Crippen LogP contribution in [-0.4, -0.2) is 36.2 Å². The van der Waals surface area contributed by atoms with E-state index in [2.05, 4.69) is 26.1 Å². The highest BCUT2D eigenvalue weighted by atomic mass is 32.2. The van der Waals surface area contributed by atoms with Crippen LogP contribution in [0.3, 0.4) is 0 Å². The molecule has 0 aliphatic carbocycles. The molecule has 2 N–H and O–H groups in total. The summed E-state index contributed by atoms with van der Waals surface area (Å²) in [6, 6.07) is 0. The van der Waals surface area contributed by atoms with Crippen LogP contribution in [0.4, 0.5) is 0 Å². The van der Waals surface area contributed by atoms with Crippen LogP contribution in [0.1, 0.15) is 104 Å². The summed E-state index contributed by atoms with van der Waals surface area (Å²) in [4.78, 5) is 12.2. The first-order valence-electron chi connectivity index (χ1n) is 11.7. The average molecular weight is 401 g/mol. The number of piperidine rings is 1. The van der Waals surface area contributed by atoms with E-state index in [9.17, 15) is 4.79 Å². The van der Waals surface area contributed by atoms with E-state index in [-0.39, 0.29) is 11.6 Å². The summed E-state index contributed by atoms with van der Waals surface area (Å²) < 4.78 is 5.82. The number of thioether (sulfide) groups is 1. The highest BCUT2D eigenvalue weighted by molar-refractivity contribution is 7.99. The number of unbranched alkanes of at least 4 members (excludes halogenated alkanes) is 9. The van der Waals surface area contributed by atoms with Gasteiger partial charge in [0.05, 0.1) is 19.5 Å². The summed E-state index contributed by atoms with van der Waals surface area (Å²) in [7, 11) is 0. The number of carbonyl (C=O) groups excluding carboxylic acids is 1. The maximum atomic E-state index is 12.2. The second-order valence-corrected chi connectivity index (χ2v) is 9.99. The first-order valence-corrected chi connectivity index (χ1v) is 12.8. The van der Waals surface area contributed by atoms with Crippen molar-refractivity contribution in [2.75, 3.05) is 24.6 Å². The molecule has 0 spiro atoms. The van der Waals surface area contributed by atoms with Gasteiger partial charge in [-0.2, -0.15) is 11.8 Å². The maximum absolute atomic E-state index is 12.2. The van der Waals surface area contributed by atoms with Gasteiger partial charge in [0.25, 0.3) is 0 Å². The summed E-state index contributed by atoms with van der Waals surface area (Å²) in [5.41, 5.74) is -0.299. The molecule has 0 atom stereocenters. The third kappa shape index (κ3) is 12.8. The fraction of sp³-hybridized carbons (Fsp3) is 0.957. The number of esters is 1. The largest absolute Gasteiger partial charge is 0.459 e. The fourth-order valence-corrected chi connectivity index (χ4v) is 4.92. The van der Waals surface area contributed by atoms with Gasteiger partial charge in [0, 0.05) is 24.5 Å². The van der Waals surface area contributed by atoms with Crippen LogP contribution in [0.2, 0.25) is 0 Å². The molecule has 0 aromatic heterocycles. The zero-order valence-electron chi connectivity index (χ0n) is 18.4. The van der Waals surface area contributed by atoms with Crippen molar-refractivity contribution in [3.63, 3.8) is 0 Å². The number of carbonyl (C=O) groups is 1. The van der Waals surface area contributed by atoms with Crippen molar-refractivity contribution < 1.29 is 14.8 Å². The lowest BCUT2D eigenvalue weighted by atomic mass is 9.83. The van der Waals surface area contributed by atoms with Crippen LogP contribution in [0.15, 0.2) is 0 Å². The van der Waals surface area contributed by atoms with Gasteiger partial charge in [0.15, 0.2) is 0 Å². The standard InChI is InChI=1S/C23H45NO2S/c1-4-5-6-7-8-9-10-11-12-13-19-27-20-16-22(25)26-23(2,3)21-14-17-24-18-15-21/h21,24H,4-20H2,1-3H3/p+1. The van der Waals surface area contributed by atoms with Crippen molar-refractivity contribution in [3.8, 4) is 0 Å². The summed E-state index contributed by atoms with van der Waals surface area (Å²) in [6.07, 6.45) is 16.7. The molecular formula is C23H46NO2S+. The molecule has 4 heteroatoms. The molecule has 160 valence electrons. The zero-order chi connectivity index (χ0) is 19.8. The lowest BCUT2D eigenvalue weighted by Crippen LogP contribution is -2.86. The van der Waals surface area contributed by atoms with Gasteiger partial charge < -0.3 is 10.1 Å². The van der Waals surface area contributed by atoms with Gasteiger partial charge >= 0.3 is 5.97 Å². The molecule has 1 aliphatic heterocycles. The quantitative estimate of drug-likeness (QED) is 0.281. The number of ether oxygens (including phenoxy) is 1. The van der Waals surface area contributed by atoms with Gasteiger partial charge in [-0.25, -0.2) is 0 Å². The lowest BCUT2D eigenvalue weighted by molar-refractivity contribution is -0.665. The van der Waals surface area contributed by atoms with Gasteiger partial charge in [-0.3, -0.25) is 4.79 Å². The van der Waals surface area contributed by atoms with Crippen LogP contribution in [0.5, 0.6) is 0 Å². The van der Waals surface area contributed by atoms with Gasteiger partial charge in [-0.1, -0.05) is 64.7 Å². The monoisotopic (exact) mass is 400 g/mol. The maximum Gasteiger partial charge on any atom is 0.307 e. The summed E-state index contributed by atoms with van der Waals surface area (Å²) in [5, 5.41) is 2.36. The Labute approximate surface area is 173 Å². The van der Waals surface area contributed by atoms with Crippen molar-refractivity contribution in [3.05, 3.63) is 0 Å². The number of quaternary nitrogens is 1. The molecule has 27 heavy (non-hydrogen) atoms. The third-order valence-electron chi connectivity index (χ3n) is 5.89. The first-order chi connectivity index (χ1) is 13.1. The smallest absolute Gasteiger partial charge is 0.307 e. The topological polar surface area (TPSA) is 42.9 Å². The number of hydrogen-bond acceptors (Lipinski definition) is 3. The normalized spacial score (nSPS) is 15.8. The predicted octanol–water partition coefficient (Wildman–Crippen LogP) is 5.33. The third-order valence-corrected chi connectivity index (χ3v) is 6.96. The minimum atomic E-state index is -0.299. The Bertz CT molecular complexity index is 367. The Morgan fingerprint density at radius 1 is 0.926 bits per heavy atom. The molecule has 1 fully saturated rings. The summed E-state index contributed by atoms with van der Waals surface area (Å²) >= 11 is 1.91. The van der Waals surface area contributed by atoms with E-state index >= 15 is 0 Å². The summed E-state index contributed by atoms with van der Waals surface area (Å²) in [5.74, 6) is 2.60. The molecule has 1 saturated heterocycles. The fourth-order valence-electron chi connectivity index (χ4n) is 4.00. The van der Waals surface area contributed by atoms with Crippen molar-refractivity contribution in [2.24, 2.45) is 5.92 Å². The second kappa shape index (κ2) is 15.7. The SMILES string of the molecule is CCCCCCCCCCCCSCCC(=O)OC(C)(C)C1CC[NH2+]CC1. The molecule has 0 amide bonds. The van der Waals surface area contributed by atoms with Crippen LogP contribution < -0.4 is 5.32 Å². The van der Waals surface area contributed by atoms with Crippen LogP contribution >= 0.6 is 11.8 Å². The van der Waals surface area contributed by atoms with Gasteiger partial charge in [-0.15, -0.1) is 0 Å². The molecule has 0 radical (unpaired) electrons. The number of nitrogens with two attached hydrogens (primary N) is 1. The number of hydrogen-bond donors (Lipinski definition) is 1. The molecule has 0 unspecified atom stereocenters. The Balaban J connectivity index is 1.90. The van der Waals surface area contributed by atoms with Gasteiger partial charge in [-0.05, 0) is 26.0 Å². The van der Waals surface area contributed by atoms with E-state index in [1.807, 2.05) is 11.8 Å². The van der Waals surface area contributed by atoms with E-state index in [1.165, 1.54) is 83.1 Å². The Kier molecular flexibility index (Phi) is 14.4. The molecule has 1 heterocycles. The highest BCUT2D eigenvalue weighted by Gasteiger charge is 2.35. The van der Waals surface area contributed by atoms with Crippen LogP contribution in [-0.2, 0) is 9.53 Å². The van der Waals surface area contributed by atoms with Gasteiger partial charge in [0.2, 0.25) is 0 Å². The molecule has 0 aromatic carbocycles. The van der Waals surface area contributed by atoms with Crippen molar-refractivity contribution >= 4 is 17.7 Å². The molecule has 0 saturated carbocycles. The lowest BCUT2D eigenvalue weighted by Gasteiger charge is -2.35. The minimum absolute atomic E-state index is 0.00914. The minimum Gasteiger partial charge on any atom is -0.459 e. The number of rotatable bonds is 16. The van der Waals surface area contributed by atoms with Gasteiger partial charge in [0.1, 0.15) is 5.60 Å². The van der Waals surface area contributed by atoms with Crippen LogP contribution in [0, 0.1) is 5.92 Å².